The molecule has 1 aliphatic heterocycles. The minimum atomic E-state index is -0.154. The number of aryl methyl sites for hydroxylation is 1. The van der Waals surface area contributed by atoms with Crippen LogP contribution in [0, 0.1) is 12.8 Å². The molecule has 0 saturated carbocycles. The van der Waals surface area contributed by atoms with E-state index < -0.39 is 0 Å². The number of likely N-dealkylation sites (N-methyl/N-ethyl adjacent to an activating group) is 1. The second-order valence-corrected chi connectivity index (χ2v) is 8.03. The van der Waals surface area contributed by atoms with Gasteiger partial charge in [0.15, 0.2) is 0 Å². The molecule has 0 bridgehead atoms. The second-order valence-electron chi connectivity index (χ2n) is 8.03. The molecule has 6 nitrogen and oxygen atoms in total. The number of amides is 2. The average Bonchev–Trinajstić information content (AvgIpc) is 3.17. The highest BCUT2D eigenvalue weighted by Gasteiger charge is 2.15. The van der Waals surface area contributed by atoms with Crippen LogP contribution in [0.2, 0.25) is 0 Å². The maximum atomic E-state index is 12.7. The summed E-state index contributed by atoms with van der Waals surface area (Å²) < 4.78 is 0. The number of anilines is 2. The number of nitrogens with one attached hydrogen (secondary N) is 3. The molecule has 0 radical (unpaired) electrons. The maximum absolute atomic E-state index is 12.7. The van der Waals surface area contributed by atoms with Crippen molar-refractivity contribution in [1.29, 1.82) is 0 Å². The minimum Gasteiger partial charge on any atom is -0.325 e. The van der Waals surface area contributed by atoms with Crippen molar-refractivity contribution in [3.05, 3.63) is 59.2 Å². The van der Waals surface area contributed by atoms with Gasteiger partial charge in [0, 0.05) is 16.9 Å². The molecule has 1 fully saturated rings. The van der Waals surface area contributed by atoms with Gasteiger partial charge in [-0.25, -0.2) is 0 Å². The Morgan fingerprint density at radius 3 is 2.52 bits per heavy atom. The number of carbonyl (C=O) groups is 2. The first-order valence-corrected chi connectivity index (χ1v) is 10.1. The number of rotatable bonds is 7. The molecular formula is C23H30N4O2. The third-order valence-corrected chi connectivity index (χ3v) is 5.13. The van der Waals surface area contributed by atoms with E-state index in [1.807, 2.05) is 57.4 Å². The van der Waals surface area contributed by atoms with Crippen LogP contribution in [0.4, 0.5) is 11.4 Å². The predicted octanol–water partition coefficient (Wildman–Crippen LogP) is 2.90. The Balaban J connectivity index is 1.63. The largest absolute Gasteiger partial charge is 0.325 e. The van der Waals surface area contributed by atoms with Gasteiger partial charge in [-0.1, -0.05) is 18.2 Å². The van der Waals surface area contributed by atoms with Crippen LogP contribution in [0.15, 0.2) is 42.5 Å². The van der Waals surface area contributed by atoms with Gasteiger partial charge in [-0.15, -0.1) is 0 Å². The van der Waals surface area contributed by atoms with Gasteiger partial charge in [-0.3, -0.25) is 9.59 Å². The fraction of sp³-hybridized carbons (Fsp3) is 0.391. The van der Waals surface area contributed by atoms with Crippen molar-refractivity contribution >= 4 is 23.2 Å². The standard InChI is InChI=1S/C23H30N4O2/c1-16-4-9-20(25-22(28)15-27(2)3)13-21(16)26-23(29)19-7-5-17(6-8-19)12-18-10-11-24-14-18/h4-9,13,18,24H,10-12,14-15H2,1-3H3,(H,25,28)(H,26,29). The van der Waals surface area contributed by atoms with Gasteiger partial charge in [0.05, 0.1) is 6.54 Å². The number of benzene rings is 2. The molecule has 0 aromatic heterocycles. The highest BCUT2D eigenvalue weighted by atomic mass is 16.2. The van der Waals surface area contributed by atoms with E-state index in [0.717, 1.165) is 25.1 Å². The first-order valence-electron chi connectivity index (χ1n) is 10.1. The molecule has 1 unspecified atom stereocenters. The van der Waals surface area contributed by atoms with Crippen molar-refractivity contribution in [3.8, 4) is 0 Å². The lowest BCUT2D eigenvalue weighted by Crippen LogP contribution is -2.27. The Bertz CT molecular complexity index is 856. The smallest absolute Gasteiger partial charge is 0.255 e. The summed E-state index contributed by atoms with van der Waals surface area (Å²) in [6, 6.07) is 13.4. The summed E-state index contributed by atoms with van der Waals surface area (Å²) in [5.41, 5.74) is 4.18. The fourth-order valence-corrected chi connectivity index (χ4v) is 3.53. The quantitative estimate of drug-likeness (QED) is 0.675. The Hall–Kier alpha value is -2.70. The number of carbonyl (C=O) groups excluding carboxylic acids is 2. The first kappa shape index (κ1) is 21.0. The van der Waals surface area contributed by atoms with E-state index in [4.69, 9.17) is 0 Å². The molecule has 2 aromatic carbocycles. The molecule has 1 atom stereocenters. The van der Waals surface area contributed by atoms with Gasteiger partial charge in [0.2, 0.25) is 5.91 Å². The number of hydrogen-bond donors (Lipinski definition) is 3. The molecule has 3 N–H and O–H groups in total. The summed E-state index contributed by atoms with van der Waals surface area (Å²) in [7, 11) is 3.69. The first-order chi connectivity index (χ1) is 13.9. The van der Waals surface area contributed by atoms with E-state index in [2.05, 4.69) is 16.0 Å². The SMILES string of the molecule is Cc1ccc(NC(=O)CN(C)C)cc1NC(=O)c1ccc(CC2CCNC2)cc1. The maximum Gasteiger partial charge on any atom is 0.255 e. The van der Waals surface area contributed by atoms with Gasteiger partial charge in [0.1, 0.15) is 0 Å². The van der Waals surface area contributed by atoms with Crippen LogP contribution in [0.5, 0.6) is 0 Å². The normalized spacial score (nSPS) is 16.1. The molecule has 1 aliphatic rings. The van der Waals surface area contributed by atoms with Gasteiger partial charge in [-0.05, 0) is 88.3 Å². The molecule has 154 valence electrons. The number of hydrogen-bond acceptors (Lipinski definition) is 4. The van der Waals surface area contributed by atoms with Crippen LogP contribution in [0.25, 0.3) is 0 Å². The van der Waals surface area contributed by atoms with Crippen LogP contribution in [-0.2, 0) is 11.2 Å². The van der Waals surface area contributed by atoms with Crippen LogP contribution < -0.4 is 16.0 Å². The van der Waals surface area contributed by atoms with Crippen molar-refractivity contribution in [1.82, 2.24) is 10.2 Å². The third kappa shape index (κ3) is 6.14. The molecule has 0 spiro atoms. The van der Waals surface area contributed by atoms with E-state index in [9.17, 15) is 9.59 Å². The molecule has 6 heteroatoms. The lowest BCUT2D eigenvalue weighted by molar-refractivity contribution is -0.116. The topological polar surface area (TPSA) is 73.5 Å². The van der Waals surface area contributed by atoms with E-state index >= 15 is 0 Å². The summed E-state index contributed by atoms with van der Waals surface area (Å²) in [5, 5.41) is 9.21. The van der Waals surface area contributed by atoms with Crippen LogP contribution in [-0.4, -0.2) is 50.4 Å². The lowest BCUT2D eigenvalue weighted by atomic mass is 9.98. The molecule has 29 heavy (non-hydrogen) atoms. The van der Waals surface area contributed by atoms with Gasteiger partial charge < -0.3 is 20.9 Å². The average molecular weight is 395 g/mol. The molecule has 1 saturated heterocycles. The van der Waals surface area contributed by atoms with Crippen molar-refractivity contribution in [2.75, 3.05) is 44.4 Å². The summed E-state index contributed by atoms with van der Waals surface area (Å²) in [5.74, 6) is 0.436. The Kier molecular flexibility index (Phi) is 7.01. The van der Waals surface area contributed by atoms with Crippen LogP contribution in [0.3, 0.4) is 0 Å². The number of nitrogens with zero attached hydrogens (tertiary/aromatic N) is 1. The van der Waals surface area contributed by atoms with Crippen molar-refractivity contribution in [3.63, 3.8) is 0 Å². The summed E-state index contributed by atoms with van der Waals surface area (Å²) in [6.07, 6.45) is 2.26. The minimum absolute atomic E-state index is 0.0934. The molecule has 2 aromatic rings. The zero-order chi connectivity index (χ0) is 20.8. The Morgan fingerprint density at radius 2 is 1.86 bits per heavy atom. The van der Waals surface area contributed by atoms with Crippen LogP contribution in [0.1, 0.15) is 27.9 Å². The van der Waals surface area contributed by atoms with Crippen molar-refractivity contribution in [2.24, 2.45) is 5.92 Å². The summed E-state index contributed by atoms with van der Waals surface area (Å²) in [6.45, 7) is 4.40. The predicted molar refractivity (Wildman–Crippen MR) is 117 cm³/mol. The zero-order valence-corrected chi connectivity index (χ0v) is 17.4. The molecule has 0 aliphatic carbocycles. The van der Waals surface area contributed by atoms with Crippen LogP contribution >= 0.6 is 0 Å². The highest BCUT2D eigenvalue weighted by Crippen LogP contribution is 2.22. The lowest BCUT2D eigenvalue weighted by Gasteiger charge is -2.13. The second kappa shape index (κ2) is 9.67. The van der Waals surface area contributed by atoms with E-state index in [1.165, 1.54) is 12.0 Å². The van der Waals surface area contributed by atoms with Gasteiger partial charge in [0.25, 0.3) is 5.91 Å². The van der Waals surface area contributed by atoms with Crippen molar-refractivity contribution in [2.45, 2.75) is 19.8 Å². The Labute approximate surface area is 172 Å². The van der Waals surface area contributed by atoms with E-state index in [-0.39, 0.29) is 11.8 Å². The molecule has 2 amide bonds. The molecule has 3 rings (SSSR count). The van der Waals surface area contributed by atoms with E-state index in [0.29, 0.717) is 29.4 Å². The molecular weight excluding hydrogens is 364 g/mol. The van der Waals surface area contributed by atoms with Gasteiger partial charge >= 0.3 is 0 Å². The Morgan fingerprint density at radius 1 is 1.10 bits per heavy atom. The summed E-state index contributed by atoms with van der Waals surface area (Å²) in [4.78, 5) is 26.5. The highest BCUT2D eigenvalue weighted by molar-refractivity contribution is 6.05. The summed E-state index contributed by atoms with van der Waals surface area (Å²) >= 11 is 0. The van der Waals surface area contributed by atoms with Gasteiger partial charge in [-0.2, -0.15) is 0 Å². The zero-order valence-electron chi connectivity index (χ0n) is 17.4. The molecule has 1 heterocycles. The third-order valence-electron chi connectivity index (χ3n) is 5.13. The fourth-order valence-electron chi connectivity index (χ4n) is 3.53. The van der Waals surface area contributed by atoms with Crippen molar-refractivity contribution < 1.29 is 9.59 Å². The monoisotopic (exact) mass is 394 g/mol. The van der Waals surface area contributed by atoms with E-state index in [1.54, 1.807) is 11.0 Å².